The lowest BCUT2D eigenvalue weighted by Crippen LogP contribution is -2.07. The van der Waals surface area contributed by atoms with Crippen molar-refractivity contribution in [3.05, 3.63) is 74.4 Å². The van der Waals surface area contributed by atoms with Crippen LogP contribution in [0.25, 0.3) is 10.9 Å². The second-order valence-electron chi connectivity index (χ2n) is 5.53. The van der Waals surface area contributed by atoms with Crippen LogP contribution in [-0.4, -0.2) is 16.5 Å². The molecule has 0 spiro atoms. The molecule has 2 N–H and O–H groups in total. The van der Waals surface area contributed by atoms with Gasteiger partial charge in [-0.05, 0) is 23.8 Å². The summed E-state index contributed by atoms with van der Waals surface area (Å²) in [5, 5.41) is 12.0. The molecule has 0 aliphatic heterocycles. The number of nitrogen functional groups attached to an aromatic ring is 1. The van der Waals surface area contributed by atoms with Gasteiger partial charge in [-0.15, -0.1) is 0 Å². The SMILES string of the molecule is Nc1c([N+](=O)[O-])c(CCOCc2ccccc2)nc2cc(Br)ccc12. The Kier molecular flexibility index (Phi) is 5.25. The number of halogens is 1. The zero-order valence-corrected chi connectivity index (χ0v) is 14.9. The number of aromatic nitrogens is 1. The van der Waals surface area contributed by atoms with Gasteiger partial charge in [0, 0.05) is 16.3 Å². The first-order chi connectivity index (χ1) is 12.1. The molecule has 1 aromatic heterocycles. The second kappa shape index (κ2) is 7.58. The molecule has 0 aliphatic carbocycles. The zero-order chi connectivity index (χ0) is 17.8. The minimum absolute atomic E-state index is 0.139. The first-order valence-electron chi connectivity index (χ1n) is 7.70. The highest BCUT2D eigenvalue weighted by molar-refractivity contribution is 9.10. The molecule has 6 nitrogen and oxygen atoms in total. The lowest BCUT2D eigenvalue weighted by atomic mass is 10.1. The smallest absolute Gasteiger partial charge is 0.314 e. The van der Waals surface area contributed by atoms with Gasteiger partial charge in [0.05, 0.1) is 23.7 Å². The predicted molar refractivity (Wildman–Crippen MR) is 100 cm³/mol. The summed E-state index contributed by atoms with van der Waals surface area (Å²) in [7, 11) is 0. The summed E-state index contributed by atoms with van der Waals surface area (Å²) in [6, 6.07) is 15.0. The number of nitrogens with two attached hydrogens (primary N) is 1. The van der Waals surface area contributed by atoms with Crippen molar-refractivity contribution >= 4 is 38.2 Å². The molecule has 1 heterocycles. The van der Waals surface area contributed by atoms with E-state index in [4.69, 9.17) is 10.5 Å². The Labute approximate surface area is 152 Å². The molecule has 0 saturated carbocycles. The minimum Gasteiger partial charge on any atom is -0.393 e. The van der Waals surface area contributed by atoms with Crippen molar-refractivity contribution in [2.45, 2.75) is 13.0 Å². The third kappa shape index (κ3) is 3.94. The maximum atomic E-state index is 11.4. The van der Waals surface area contributed by atoms with E-state index in [2.05, 4.69) is 20.9 Å². The molecular weight excluding hydrogens is 386 g/mol. The Bertz CT molecular complexity index is 916. The molecule has 0 fully saturated rings. The summed E-state index contributed by atoms with van der Waals surface area (Å²) in [6.07, 6.45) is 0.315. The van der Waals surface area contributed by atoms with Gasteiger partial charge in [-0.1, -0.05) is 46.3 Å². The van der Waals surface area contributed by atoms with Gasteiger partial charge in [0.2, 0.25) is 0 Å². The van der Waals surface area contributed by atoms with Gasteiger partial charge >= 0.3 is 5.69 Å². The number of nitrogens with zero attached hydrogens (tertiary/aromatic N) is 2. The zero-order valence-electron chi connectivity index (χ0n) is 13.3. The molecule has 2 aromatic carbocycles. The van der Waals surface area contributed by atoms with Gasteiger partial charge in [0.25, 0.3) is 0 Å². The van der Waals surface area contributed by atoms with Crippen molar-refractivity contribution in [3.8, 4) is 0 Å². The first-order valence-corrected chi connectivity index (χ1v) is 8.49. The molecule has 0 saturated heterocycles. The number of pyridine rings is 1. The highest BCUT2D eigenvalue weighted by Crippen LogP contribution is 2.33. The molecule has 0 atom stereocenters. The first kappa shape index (κ1) is 17.3. The number of hydrogen-bond donors (Lipinski definition) is 1. The lowest BCUT2D eigenvalue weighted by Gasteiger charge is -2.09. The molecule has 0 radical (unpaired) electrons. The summed E-state index contributed by atoms with van der Waals surface area (Å²) >= 11 is 3.38. The molecule has 0 amide bonds. The minimum atomic E-state index is -0.476. The molecule has 0 bridgehead atoms. The summed E-state index contributed by atoms with van der Waals surface area (Å²) < 4.78 is 6.46. The van der Waals surface area contributed by atoms with Gasteiger partial charge in [0.15, 0.2) is 0 Å². The molecule has 0 unspecified atom stereocenters. The average Bonchev–Trinajstić information content (AvgIpc) is 2.59. The number of rotatable bonds is 6. The third-order valence-electron chi connectivity index (χ3n) is 3.81. The fourth-order valence-electron chi connectivity index (χ4n) is 2.62. The van der Waals surface area contributed by atoms with Gasteiger partial charge < -0.3 is 10.5 Å². The van der Waals surface area contributed by atoms with Crippen LogP contribution in [0.2, 0.25) is 0 Å². The molecule has 25 heavy (non-hydrogen) atoms. The fourth-order valence-corrected chi connectivity index (χ4v) is 2.97. The van der Waals surface area contributed by atoms with Crippen LogP contribution >= 0.6 is 15.9 Å². The number of benzene rings is 2. The van der Waals surface area contributed by atoms with E-state index in [-0.39, 0.29) is 11.4 Å². The van der Waals surface area contributed by atoms with Crippen LogP contribution in [0.3, 0.4) is 0 Å². The van der Waals surface area contributed by atoms with Crippen LogP contribution in [-0.2, 0) is 17.8 Å². The van der Waals surface area contributed by atoms with Gasteiger partial charge in [-0.3, -0.25) is 10.1 Å². The number of fused-ring (bicyclic) bond motifs is 1. The molecule has 3 aromatic rings. The Morgan fingerprint density at radius 2 is 1.96 bits per heavy atom. The quantitative estimate of drug-likeness (QED) is 0.378. The van der Waals surface area contributed by atoms with E-state index >= 15 is 0 Å². The number of anilines is 1. The summed E-state index contributed by atoms with van der Waals surface area (Å²) in [4.78, 5) is 15.4. The third-order valence-corrected chi connectivity index (χ3v) is 4.30. The number of hydrogen-bond acceptors (Lipinski definition) is 5. The van der Waals surface area contributed by atoms with Crippen molar-refractivity contribution in [2.24, 2.45) is 0 Å². The highest BCUT2D eigenvalue weighted by Gasteiger charge is 2.22. The Morgan fingerprint density at radius 1 is 1.20 bits per heavy atom. The van der Waals surface area contributed by atoms with E-state index in [9.17, 15) is 10.1 Å². The summed E-state index contributed by atoms with van der Waals surface area (Å²) in [6.45, 7) is 0.769. The summed E-state index contributed by atoms with van der Waals surface area (Å²) in [5.41, 5.74) is 8.03. The van der Waals surface area contributed by atoms with Crippen LogP contribution in [0.5, 0.6) is 0 Å². The van der Waals surface area contributed by atoms with E-state index in [1.54, 1.807) is 18.2 Å². The van der Waals surface area contributed by atoms with E-state index in [0.717, 1.165) is 10.0 Å². The van der Waals surface area contributed by atoms with E-state index in [0.29, 0.717) is 36.2 Å². The van der Waals surface area contributed by atoms with Crippen LogP contribution < -0.4 is 5.73 Å². The van der Waals surface area contributed by atoms with Gasteiger partial charge in [0.1, 0.15) is 11.4 Å². The molecule has 128 valence electrons. The van der Waals surface area contributed by atoms with Crippen molar-refractivity contribution < 1.29 is 9.66 Å². The van der Waals surface area contributed by atoms with Crippen molar-refractivity contribution in [3.63, 3.8) is 0 Å². The fraction of sp³-hybridized carbons (Fsp3) is 0.167. The van der Waals surface area contributed by atoms with E-state index < -0.39 is 4.92 Å². The van der Waals surface area contributed by atoms with E-state index in [1.165, 1.54) is 0 Å². The lowest BCUT2D eigenvalue weighted by molar-refractivity contribution is -0.384. The monoisotopic (exact) mass is 401 g/mol. The van der Waals surface area contributed by atoms with Crippen LogP contribution in [0.1, 0.15) is 11.3 Å². The van der Waals surface area contributed by atoms with Crippen LogP contribution in [0.4, 0.5) is 11.4 Å². The summed E-state index contributed by atoms with van der Waals surface area (Å²) in [5.74, 6) is 0. The van der Waals surface area contributed by atoms with Crippen molar-refractivity contribution in [2.75, 3.05) is 12.3 Å². The van der Waals surface area contributed by atoms with Crippen LogP contribution in [0, 0.1) is 10.1 Å². The second-order valence-corrected chi connectivity index (χ2v) is 6.44. The normalized spacial score (nSPS) is 10.9. The van der Waals surface area contributed by atoms with E-state index in [1.807, 2.05) is 30.3 Å². The maximum absolute atomic E-state index is 11.4. The Hall–Kier alpha value is -2.51. The predicted octanol–water partition coefficient (Wildman–Crippen LogP) is 4.25. The molecule has 3 rings (SSSR count). The number of nitro groups is 1. The van der Waals surface area contributed by atoms with Crippen molar-refractivity contribution in [1.29, 1.82) is 0 Å². The Balaban J connectivity index is 1.81. The Morgan fingerprint density at radius 3 is 2.68 bits per heavy atom. The van der Waals surface area contributed by atoms with Gasteiger partial charge in [-0.2, -0.15) is 0 Å². The van der Waals surface area contributed by atoms with Crippen molar-refractivity contribution in [1.82, 2.24) is 4.98 Å². The van der Waals surface area contributed by atoms with Crippen LogP contribution in [0.15, 0.2) is 53.0 Å². The molecule has 0 aliphatic rings. The average molecular weight is 402 g/mol. The topological polar surface area (TPSA) is 91.3 Å². The standard InChI is InChI=1S/C18H16BrN3O3/c19-13-6-7-14-16(10-13)21-15(18(17(14)20)22(23)24)8-9-25-11-12-4-2-1-3-5-12/h1-7,10H,8-9,11H2,(H2,20,21). The highest BCUT2D eigenvalue weighted by atomic mass is 79.9. The molecule has 7 heteroatoms. The van der Waals surface area contributed by atoms with Gasteiger partial charge in [-0.25, -0.2) is 4.98 Å². The largest absolute Gasteiger partial charge is 0.393 e. The maximum Gasteiger partial charge on any atom is 0.314 e. The number of ether oxygens (including phenoxy) is 1. The molecular formula is C18H16BrN3O3.